The minimum atomic E-state index is -0.861. The van der Waals surface area contributed by atoms with Gasteiger partial charge >= 0.3 is 5.97 Å². The van der Waals surface area contributed by atoms with Crippen LogP contribution in [0.4, 0.5) is 14.5 Å². The largest absolute Gasteiger partial charge is 0.461 e. The second kappa shape index (κ2) is 8.27. The molecule has 1 fully saturated rings. The first-order valence-electron chi connectivity index (χ1n) is 8.70. The second-order valence-corrected chi connectivity index (χ2v) is 6.34. The summed E-state index contributed by atoms with van der Waals surface area (Å²) in [4.78, 5) is 14.1. The lowest BCUT2D eigenvalue weighted by molar-refractivity contribution is 0.0516. The number of hydrogen-bond donors (Lipinski definition) is 2. The van der Waals surface area contributed by atoms with E-state index in [2.05, 4.69) is 20.4 Å². The normalized spacial score (nSPS) is 17.9. The topological polar surface area (TPSA) is 70.2 Å². The van der Waals surface area contributed by atoms with Gasteiger partial charge in [0.25, 0.3) is 0 Å². The second-order valence-electron chi connectivity index (χ2n) is 6.34. The van der Waals surface area contributed by atoms with Gasteiger partial charge in [-0.15, -0.1) is 0 Å². The van der Waals surface area contributed by atoms with Crippen molar-refractivity contribution < 1.29 is 18.3 Å². The number of carbonyl (C=O) groups excluding carboxylic acids is 1. The molecule has 3 rings (SSSR count). The van der Waals surface area contributed by atoms with Crippen LogP contribution in [0, 0.1) is 11.6 Å². The molecule has 1 aromatic heterocycles. The molecule has 2 aromatic rings. The van der Waals surface area contributed by atoms with E-state index in [0.717, 1.165) is 37.6 Å². The number of ether oxygens (including phenoxy) is 1. The van der Waals surface area contributed by atoms with E-state index in [0.29, 0.717) is 24.5 Å². The standard InChI is InChI=1S/C18H22F2N4O2/c1-2-26-18(25)17-12(9-21-23-17)10-24-7-3-4-14(11-24)22-13-5-6-15(19)16(20)8-13/h5-6,8-9,14,22H,2-4,7,10-11H2,1H3,(H,21,23)/t14-/m1/s1. The number of H-pyrrole nitrogens is 1. The van der Waals surface area contributed by atoms with Gasteiger partial charge < -0.3 is 10.1 Å². The van der Waals surface area contributed by atoms with Crippen LogP contribution in [-0.2, 0) is 11.3 Å². The predicted octanol–water partition coefficient (Wildman–Crippen LogP) is 2.94. The molecule has 8 heteroatoms. The summed E-state index contributed by atoms with van der Waals surface area (Å²) in [5.74, 6) is -2.12. The third-order valence-electron chi connectivity index (χ3n) is 4.39. The van der Waals surface area contributed by atoms with E-state index in [9.17, 15) is 13.6 Å². The van der Waals surface area contributed by atoms with Crippen molar-refractivity contribution in [2.75, 3.05) is 25.0 Å². The summed E-state index contributed by atoms with van der Waals surface area (Å²) in [6.07, 6.45) is 3.54. The number of carbonyl (C=O) groups is 1. The fourth-order valence-corrected chi connectivity index (χ4v) is 3.19. The summed E-state index contributed by atoms with van der Waals surface area (Å²) in [5, 5.41) is 9.90. The Morgan fingerprint density at radius 3 is 3.04 bits per heavy atom. The Kier molecular flexibility index (Phi) is 5.82. The smallest absolute Gasteiger partial charge is 0.356 e. The van der Waals surface area contributed by atoms with Gasteiger partial charge in [-0.05, 0) is 38.4 Å². The van der Waals surface area contributed by atoms with E-state index < -0.39 is 17.6 Å². The molecule has 0 spiro atoms. The van der Waals surface area contributed by atoms with Crippen LogP contribution < -0.4 is 5.32 Å². The van der Waals surface area contributed by atoms with Crippen LogP contribution in [-0.4, -0.2) is 46.8 Å². The zero-order valence-electron chi connectivity index (χ0n) is 14.6. The third kappa shape index (κ3) is 4.37. The molecule has 0 amide bonds. The zero-order chi connectivity index (χ0) is 18.5. The minimum Gasteiger partial charge on any atom is -0.461 e. The average Bonchev–Trinajstić information content (AvgIpc) is 3.07. The van der Waals surface area contributed by atoms with Crippen LogP contribution in [0.1, 0.15) is 35.8 Å². The van der Waals surface area contributed by atoms with Gasteiger partial charge in [-0.1, -0.05) is 0 Å². The molecule has 0 aliphatic carbocycles. The van der Waals surface area contributed by atoms with Gasteiger partial charge in [0.15, 0.2) is 11.6 Å². The van der Waals surface area contributed by atoms with Gasteiger partial charge in [-0.3, -0.25) is 10.00 Å². The van der Waals surface area contributed by atoms with Crippen molar-refractivity contribution in [2.24, 2.45) is 0 Å². The quantitative estimate of drug-likeness (QED) is 0.772. The maximum absolute atomic E-state index is 13.4. The number of hydrogen-bond acceptors (Lipinski definition) is 5. The Bertz CT molecular complexity index is 765. The molecule has 26 heavy (non-hydrogen) atoms. The molecule has 2 heterocycles. The Hall–Kier alpha value is -2.48. The van der Waals surface area contributed by atoms with E-state index in [1.165, 1.54) is 12.1 Å². The van der Waals surface area contributed by atoms with Gasteiger partial charge in [0.05, 0.1) is 12.8 Å². The maximum atomic E-state index is 13.4. The summed E-state index contributed by atoms with van der Waals surface area (Å²) >= 11 is 0. The lowest BCUT2D eigenvalue weighted by atomic mass is 10.0. The van der Waals surface area contributed by atoms with Crippen LogP contribution in [0.15, 0.2) is 24.4 Å². The molecule has 1 aromatic carbocycles. The number of nitrogens with zero attached hydrogens (tertiary/aromatic N) is 2. The van der Waals surface area contributed by atoms with Crippen LogP contribution in [0.2, 0.25) is 0 Å². The molecule has 0 bridgehead atoms. The third-order valence-corrected chi connectivity index (χ3v) is 4.39. The van der Waals surface area contributed by atoms with Gasteiger partial charge in [-0.2, -0.15) is 5.10 Å². The van der Waals surface area contributed by atoms with E-state index in [1.54, 1.807) is 13.1 Å². The Balaban J connectivity index is 1.61. The van der Waals surface area contributed by atoms with E-state index >= 15 is 0 Å². The number of rotatable bonds is 6. The van der Waals surface area contributed by atoms with Crippen molar-refractivity contribution in [3.8, 4) is 0 Å². The van der Waals surface area contributed by atoms with Gasteiger partial charge in [0.2, 0.25) is 0 Å². The van der Waals surface area contributed by atoms with Gasteiger partial charge in [-0.25, -0.2) is 13.6 Å². The van der Waals surface area contributed by atoms with E-state index in [1.807, 2.05) is 0 Å². The van der Waals surface area contributed by atoms with Crippen molar-refractivity contribution in [1.82, 2.24) is 15.1 Å². The molecular weight excluding hydrogens is 342 g/mol. The highest BCUT2D eigenvalue weighted by atomic mass is 19.2. The molecule has 2 N–H and O–H groups in total. The van der Waals surface area contributed by atoms with Gasteiger partial charge in [0.1, 0.15) is 5.69 Å². The number of benzene rings is 1. The molecular formula is C18H22F2N4O2. The number of aromatic amines is 1. The molecule has 1 saturated heterocycles. The average molecular weight is 364 g/mol. The number of esters is 1. The molecule has 0 unspecified atom stereocenters. The summed E-state index contributed by atoms with van der Waals surface area (Å²) in [7, 11) is 0. The number of nitrogens with one attached hydrogen (secondary N) is 2. The van der Waals surface area contributed by atoms with Gasteiger partial charge in [0, 0.05) is 36.4 Å². The highest BCUT2D eigenvalue weighted by molar-refractivity contribution is 5.88. The highest BCUT2D eigenvalue weighted by Crippen LogP contribution is 2.20. The lowest BCUT2D eigenvalue weighted by Gasteiger charge is -2.33. The first-order chi connectivity index (χ1) is 12.6. The fraction of sp³-hybridized carbons (Fsp3) is 0.444. The minimum absolute atomic E-state index is 0.117. The van der Waals surface area contributed by atoms with Crippen LogP contribution in [0.5, 0.6) is 0 Å². The number of halogens is 2. The molecule has 140 valence electrons. The Morgan fingerprint density at radius 1 is 1.42 bits per heavy atom. The lowest BCUT2D eigenvalue weighted by Crippen LogP contribution is -2.41. The molecule has 1 aliphatic heterocycles. The molecule has 1 atom stereocenters. The van der Waals surface area contributed by atoms with Crippen LogP contribution in [0.25, 0.3) is 0 Å². The number of aromatic nitrogens is 2. The number of likely N-dealkylation sites (tertiary alicyclic amines) is 1. The molecule has 0 radical (unpaired) electrons. The van der Waals surface area contributed by atoms with Crippen molar-refractivity contribution >= 4 is 11.7 Å². The van der Waals surface area contributed by atoms with Crippen molar-refractivity contribution in [2.45, 2.75) is 32.4 Å². The first-order valence-corrected chi connectivity index (χ1v) is 8.70. The van der Waals surface area contributed by atoms with E-state index in [4.69, 9.17) is 4.74 Å². The monoisotopic (exact) mass is 364 g/mol. The number of anilines is 1. The molecule has 0 saturated carbocycles. The molecule has 1 aliphatic rings. The maximum Gasteiger partial charge on any atom is 0.356 e. The first kappa shape index (κ1) is 18.3. The number of piperidine rings is 1. The zero-order valence-corrected chi connectivity index (χ0v) is 14.6. The van der Waals surface area contributed by atoms with E-state index in [-0.39, 0.29) is 6.04 Å². The fourth-order valence-electron chi connectivity index (χ4n) is 3.19. The van der Waals surface area contributed by atoms with Crippen molar-refractivity contribution in [1.29, 1.82) is 0 Å². The van der Waals surface area contributed by atoms with Crippen LogP contribution >= 0.6 is 0 Å². The predicted molar refractivity (Wildman–Crippen MR) is 92.8 cm³/mol. The summed E-state index contributed by atoms with van der Waals surface area (Å²) < 4.78 is 31.4. The Labute approximate surface area is 150 Å². The van der Waals surface area contributed by atoms with Crippen molar-refractivity contribution in [3.63, 3.8) is 0 Å². The SMILES string of the molecule is CCOC(=O)c1[nH]ncc1CN1CCC[C@@H](Nc2ccc(F)c(F)c2)C1. The van der Waals surface area contributed by atoms with Crippen LogP contribution in [0.3, 0.4) is 0 Å². The molecule has 6 nitrogen and oxygen atoms in total. The summed E-state index contributed by atoms with van der Waals surface area (Å²) in [5.41, 5.74) is 1.73. The highest BCUT2D eigenvalue weighted by Gasteiger charge is 2.23. The van der Waals surface area contributed by atoms with Crippen molar-refractivity contribution in [3.05, 3.63) is 47.3 Å². The summed E-state index contributed by atoms with van der Waals surface area (Å²) in [6.45, 7) is 4.25. The Morgan fingerprint density at radius 2 is 2.27 bits per heavy atom. The summed E-state index contributed by atoms with van der Waals surface area (Å²) in [6, 6.07) is 3.94.